The standard InChI is InChI=1S/C17H16O/c1-17(2)10-18-9-14-12-7-3-5-11-6-4-8-13(15(11)12)16(14)17/h3-8H,9-10H2,1-2H3. The van der Waals surface area contributed by atoms with Gasteiger partial charge in [0.05, 0.1) is 13.2 Å². The van der Waals surface area contributed by atoms with Crippen LogP contribution in [0.15, 0.2) is 36.4 Å². The van der Waals surface area contributed by atoms with Crippen molar-refractivity contribution in [3.63, 3.8) is 0 Å². The summed E-state index contributed by atoms with van der Waals surface area (Å²) >= 11 is 0. The Morgan fingerprint density at radius 3 is 2.50 bits per heavy atom. The molecule has 2 aliphatic rings. The van der Waals surface area contributed by atoms with Gasteiger partial charge in [0.1, 0.15) is 0 Å². The van der Waals surface area contributed by atoms with Crippen molar-refractivity contribution in [1.82, 2.24) is 0 Å². The molecule has 0 amide bonds. The Morgan fingerprint density at radius 1 is 1.00 bits per heavy atom. The maximum Gasteiger partial charge on any atom is 0.0726 e. The van der Waals surface area contributed by atoms with Crippen LogP contribution in [-0.2, 0) is 4.74 Å². The lowest BCUT2D eigenvalue weighted by Crippen LogP contribution is -2.26. The Morgan fingerprint density at radius 2 is 1.72 bits per heavy atom. The molecule has 1 heteroatoms. The minimum atomic E-state index is 0.112. The van der Waals surface area contributed by atoms with Crippen molar-refractivity contribution in [1.29, 1.82) is 0 Å². The normalized spacial score (nSPS) is 20.3. The molecule has 0 N–H and O–H groups in total. The van der Waals surface area contributed by atoms with Gasteiger partial charge in [-0.2, -0.15) is 0 Å². The van der Waals surface area contributed by atoms with Gasteiger partial charge in [-0.25, -0.2) is 0 Å². The zero-order chi connectivity index (χ0) is 12.3. The lowest BCUT2D eigenvalue weighted by Gasteiger charge is -2.33. The molecule has 0 bridgehead atoms. The van der Waals surface area contributed by atoms with Gasteiger partial charge >= 0.3 is 0 Å². The fraction of sp³-hybridized carbons (Fsp3) is 0.294. The molecular formula is C17H16O. The Bertz CT molecular complexity index is 687. The zero-order valence-electron chi connectivity index (χ0n) is 10.8. The molecule has 0 unspecified atom stereocenters. The second kappa shape index (κ2) is 3.24. The van der Waals surface area contributed by atoms with Crippen LogP contribution < -0.4 is 0 Å². The van der Waals surface area contributed by atoms with Crippen LogP contribution >= 0.6 is 0 Å². The molecule has 0 aromatic heterocycles. The first kappa shape index (κ1) is 10.3. The van der Waals surface area contributed by atoms with Crippen molar-refractivity contribution in [2.75, 3.05) is 13.2 Å². The van der Waals surface area contributed by atoms with Crippen molar-refractivity contribution >= 4 is 21.9 Å². The molecule has 0 spiro atoms. The molecule has 1 aliphatic carbocycles. The van der Waals surface area contributed by atoms with E-state index in [1.54, 1.807) is 0 Å². The van der Waals surface area contributed by atoms with E-state index in [0.29, 0.717) is 0 Å². The van der Waals surface area contributed by atoms with E-state index in [-0.39, 0.29) is 5.41 Å². The number of rotatable bonds is 0. The first-order valence-electron chi connectivity index (χ1n) is 6.52. The van der Waals surface area contributed by atoms with E-state index >= 15 is 0 Å². The van der Waals surface area contributed by atoms with Crippen LogP contribution in [0.2, 0.25) is 0 Å². The van der Waals surface area contributed by atoms with E-state index in [0.717, 1.165) is 13.2 Å². The van der Waals surface area contributed by atoms with E-state index < -0.39 is 0 Å². The van der Waals surface area contributed by atoms with E-state index in [4.69, 9.17) is 4.74 Å². The van der Waals surface area contributed by atoms with Gasteiger partial charge in [0.25, 0.3) is 0 Å². The highest BCUT2D eigenvalue weighted by Gasteiger charge is 2.37. The summed E-state index contributed by atoms with van der Waals surface area (Å²) in [6, 6.07) is 13.2. The molecule has 1 nitrogen and oxygen atoms in total. The maximum atomic E-state index is 5.80. The molecule has 2 aromatic rings. The maximum absolute atomic E-state index is 5.80. The molecule has 0 saturated heterocycles. The second-order valence-electron chi connectivity index (χ2n) is 5.94. The number of hydrogen-bond acceptors (Lipinski definition) is 1. The van der Waals surface area contributed by atoms with Crippen molar-refractivity contribution in [3.05, 3.63) is 47.5 Å². The zero-order valence-corrected chi connectivity index (χ0v) is 10.8. The summed E-state index contributed by atoms with van der Waals surface area (Å²) in [7, 11) is 0. The highest BCUT2D eigenvalue weighted by molar-refractivity contribution is 6.15. The predicted molar refractivity (Wildman–Crippen MR) is 75.4 cm³/mol. The fourth-order valence-electron chi connectivity index (χ4n) is 3.50. The molecule has 0 atom stereocenters. The average Bonchev–Trinajstić information content (AvgIpc) is 2.68. The summed E-state index contributed by atoms with van der Waals surface area (Å²) in [5.74, 6) is 0. The van der Waals surface area contributed by atoms with E-state index in [9.17, 15) is 0 Å². The van der Waals surface area contributed by atoms with Gasteiger partial charge in [0.2, 0.25) is 0 Å². The fourth-order valence-corrected chi connectivity index (χ4v) is 3.50. The third-order valence-electron chi connectivity index (χ3n) is 4.19. The summed E-state index contributed by atoms with van der Waals surface area (Å²) in [6.45, 7) is 6.14. The topological polar surface area (TPSA) is 9.23 Å². The van der Waals surface area contributed by atoms with Crippen LogP contribution in [0.4, 0.5) is 0 Å². The van der Waals surface area contributed by atoms with Crippen LogP contribution in [-0.4, -0.2) is 13.2 Å². The molecule has 1 heterocycles. The SMILES string of the molecule is CC1(C)COCC2=C1c1cccc3cccc2c13. The van der Waals surface area contributed by atoms with Crippen LogP contribution in [0, 0.1) is 5.41 Å². The minimum absolute atomic E-state index is 0.112. The minimum Gasteiger partial charge on any atom is -0.376 e. The molecule has 18 heavy (non-hydrogen) atoms. The predicted octanol–water partition coefficient (Wildman–Crippen LogP) is 4.12. The van der Waals surface area contributed by atoms with Gasteiger partial charge < -0.3 is 4.74 Å². The highest BCUT2D eigenvalue weighted by atomic mass is 16.5. The largest absolute Gasteiger partial charge is 0.376 e. The molecule has 90 valence electrons. The van der Waals surface area contributed by atoms with Crippen LogP contribution in [0.25, 0.3) is 21.9 Å². The van der Waals surface area contributed by atoms with Crippen molar-refractivity contribution in [2.45, 2.75) is 13.8 Å². The van der Waals surface area contributed by atoms with Crippen molar-refractivity contribution in [2.24, 2.45) is 5.41 Å². The molecule has 2 aromatic carbocycles. The lowest BCUT2D eigenvalue weighted by molar-refractivity contribution is 0.104. The third-order valence-corrected chi connectivity index (χ3v) is 4.19. The van der Waals surface area contributed by atoms with Gasteiger partial charge in [-0.3, -0.25) is 0 Å². The van der Waals surface area contributed by atoms with Gasteiger partial charge in [0, 0.05) is 5.41 Å². The van der Waals surface area contributed by atoms with Gasteiger partial charge in [0.15, 0.2) is 0 Å². The van der Waals surface area contributed by atoms with E-state index in [2.05, 4.69) is 50.2 Å². The van der Waals surface area contributed by atoms with Gasteiger partial charge in [-0.1, -0.05) is 50.2 Å². The average molecular weight is 236 g/mol. The van der Waals surface area contributed by atoms with E-state index in [1.165, 1.54) is 33.0 Å². The van der Waals surface area contributed by atoms with Gasteiger partial charge in [-0.05, 0) is 33.0 Å². The number of ether oxygens (including phenoxy) is 1. The number of fused-ring (bicyclic) bond motifs is 2. The second-order valence-corrected chi connectivity index (χ2v) is 5.94. The number of benzene rings is 2. The number of hydrogen-bond donors (Lipinski definition) is 0. The monoisotopic (exact) mass is 236 g/mol. The molecule has 1 aliphatic heterocycles. The van der Waals surface area contributed by atoms with E-state index in [1.807, 2.05) is 0 Å². The summed E-state index contributed by atoms with van der Waals surface area (Å²) in [4.78, 5) is 0. The highest BCUT2D eigenvalue weighted by Crippen LogP contribution is 2.51. The van der Waals surface area contributed by atoms with Crippen LogP contribution in [0.5, 0.6) is 0 Å². The Balaban J connectivity index is 2.15. The molecular weight excluding hydrogens is 220 g/mol. The van der Waals surface area contributed by atoms with Crippen LogP contribution in [0.1, 0.15) is 25.0 Å². The van der Waals surface area contributed by atoms with Crippen LogP contribution in [0.3, 0.4) is 0 Å². The van der Waals surface area contributed by atoms with Gasteiger partial charge in [-0.15, -0.1) is 0 Å². The lowest BCUT2D eigenvalue weighted by atomic mass is 9.79. The summed E-state index contributed by atoms with van der Waals surface area (Å²) in [5.41, 5.74) is 5.82. The first-order valence-corrected chi connectivity index (χ1v) is 6.52. The Kier molecular flexibility index (Phi) is 1.86. The Labute approximate surface area is 107 Å². The summed E-state index contributed by atoms with van der Waals surface area (Å²) in [6.07, 6.45) is 0. The molecule has 0 saturated carbocycles. The molecule has 0 fully saturated rings. The van der Waals surface area contributed by atoms with Crippen molar-refractivity contribution in [3.8, 4) is 0 Å². The third kappa shape index (κ3) is 1.15. The smallest absolute Gasteiger partial charge is 0.0726 e. The Hall–Kier alpha value is -1.60. The van der Waals surface area contributed by atoms with Crippen molar-refractivity contribution < 1.29 is 4.74 Å². The molecule has 4 rings (SSSR count). The molecule has 0 radical (unpaired) electrons. The summed E-state index contributed by atoms with van der Waals surface area (Å²) < 4.78 is 5.80. The quantitative estimate of drug-likeness (QED) is 0.668. The summed E-state index contributed by atoms with van der Waals surface area (Å²) in [5, 5.41) is 2.76. The first-order chi connectivity index (χ1) is 8.68.